The third-order valence-electron chi connectivity index (χ3n) is 4.73. The maximum atomic E-state index is 12.8. The molecule has 0 heterocycles. The summed E-state index contributed by atoms with van der Waals surface area (Å²) in [7, 11) is -4.20. The smallest absolute Gasteiger partial charge is 0.339 e. The van der Waals surface area contributed by atoms with Gasteiger partial charge in [-0.3, -0.25) is 4.79 Å². The number of nitriles is 1. The monoisotopic (exact) mass is 604 g/mol. The number of benzene rings is 3. The van der Waals surface area contributed by atoms with Gasteiger partial charge in [-0.25, -0.2) is 0 Å². The maximum absolute atomic E-state index is 12.8. The molecule has 0 atom stereocenters. The van der Waals surface area contributed by atoms with Gasteiger partial charge in [-0.15, -0.1) is 0 Å². The minimum absolute atomic E-state index is 0.0775. The van der Waals surface area contributed by atoms with E-state index < -0.39 is 16.0 Å². The summed E-state index contributed by atoms with van der Waals surface area (Å²) in [6.45, 7) is 4.31. The Balaban J connectivity index is 1.89. The predicted octanol–water partition coefficient (Wildman–Crippen LogP) is 6.21. The second-order valence-corrected chi connectivity index (χ2v) is 10.2. The second-order valence-electron chi connectivity index (χ2n) is 7.34. The molecule has 0 aromatic heterocycles. The van der Waals surface area contributed by atoms with Crippen LogP contribution in [0, 0.1) is 11.3 Å². The molecule has 0 radical (unpaired) electrons. The molecule has 0 saturated heterocycles. The average molecular weight is 606 g/mol. The van der Waals surface area contributed by atoms with Crippen molar-refractivity contribution < 1.29 is 26.9 Å². The highest BCUT2D eigenvalue weighted by molar-refractivity contribution is 9.10. The van der Waals surface area contributed by atoms with E-state index in [0.717, 1.165) is 0 Å². The number of anilines is 1. The van der Waals surface area contributed by atoms with Gasteiger partial charge >= 0.3 is 10.1 Å². The van der Waals surface area contributed by atoms with Crippen molar-refractivity contribution in [2.45, 2.75) is 18.7 Å². The summed E-state index contributed by atoms with van der Waals surface area (Å²) in [6, 6.07) is 17.1. The average Bonchev–Trinajstić information content (AvgIpc) is 2.86. The quantitative estimate of drug-likeness (QED) is 0.166. The molecule has 0 aliphatic heterocycles. The first-order valence-electron chi connectivity index (χ1n) is 11.0. The number of hydrogen-bond donors (Lipinski definition) is 1. The number of carbonyl (C=O) groups excluding carboxylic acids is 1. The molecular weight excluding hydrogens is 584 g/mol. The predicted molar refractivity (Wildman–Crippen MR) is 144 cm³/mol. The molecule has 0 aliphatic carbocycles. The van der Waals surface area contributed by atoms with Gasteiger partial charge in [0.2, 0.25) is 0 Å². The van der Waals surface area contributed by atoms with Crippen molar-refractivity contribution in [1.29, 1.82) is 5.26 Å². The summed E-state index contributed by atoms with van der Waals surface area (Å²) in [5.41, 5.74) is 0.720. The fraction of sp³-hybridized carbons (Fsp3) is 0.154. The number of rotatable bonds is 10. The Morgan fingerprint density at radius 1 is 1.05 bits per heavy atom. The number of carbonyl (C=O) groups is 1. The Labute approximate surface area is 228 Å². The fourth-order valence-corrected chi connectivity index (χ4v) is 4.82. The highest BCUT2D eigenvalue weighted by Gasteiger charge is 2.22. The van der Waals surface area contributed by atoms with Gasteiger partial charge in [0.15, 0.2) is 11.5 Å². The minimum Gasteiger partial charge on any atom is -0.494 e. The molecule has 0 bridgehead atoms. The Bertz CT molecular complexity index is 1450. The molecular formula is C26H22BrClN2O6S. The summed E-state index contributed by atoms with van der Waals surface area (Å²) in [5, 5.41) is 12.6. The third-order valence-corrected chi connectivity index (χ3v) is 6.80. The summed E-state index contributed by atoms with van der Waals surface area (Å²) < 4.78 is 42.2. The molecule has 0 spiro atoms. The van der Waals surface area contributed by atoms with Gasteiger partial charge in [-0.2, -0.15) is 13.7 Å². The Kier molecular flexibility index (Phi) is 9.58. The molecule has 0 aliphatic rings. The Morgan fingerprint density at radius 3 is 2.30 bits per heavy atom. The number of ether oxygens (including phenoxy) is 2. The number of halogens is 2. The van der Waals surface area contributed by atoms with Crippen LogP contribution in [0.4, 0.5) is 5.69 Å². The zero-order valence-electron chi connectivity index (χ0n) is 19.8. The molecule has 0 fully saturated rings. The van der Waals surface area contributed by atoms with Crippen LogP contribution in [-0.4, -0.2) is 27.5 Å². The van der Waals surface area contributed by atoms with Crippen molar-refractivity contribution in [3.8, 4) is 23.3 Å². The van der Waals surface area contributed by atoms with Crippen molar-refractivity contribution in [1.82, 2.24) is 0 Å². The lowest BCUT2D eigenvalue weighted by atomic mass is 10.1. The van der Waals surface area contributed by atoms with Crippen molar-refractivity contribution in [2.75, 3.05) is 18.5 Å². The van der Waals surface area contributed by atoms with Crippen molar-refractivity contribution in [2.24, 2.45) is 0 Å². The molecule has 192 valence electrons. The molecule has 37 heavy (non-hydrogen) atoms. The first kappa shape index (κ1) is 28.1. The van der Waals surface area contributed by atoms with Crippen LogP contribution >= 0.6 is 27.5 Å². The van der Waals surface area contributed by atoms with Crippen LogP contribution < -0.4 is 19.0 Å². The van der Waals surface area contributed by atoms with E-state index >= 15 is 0 Å². The van der Waals surface area contributed by atoms with Crippen molar-refractivity contribution in [3.63, 3.8) is 0 Å². The minimum atomic E-state index is -4.20. The van der Waals surface area contributed by atoms with Gasteiger partial charge in [-0.05, 0) is 102 Å². The summed E-state index contributed by atoms with van der Waals surface area (Å²) in [6.07, 6.45) is 1.36. The maximum Gasteiger partial charge on any atom is 0.339 e. The Morgan fingerprint density at radius 2 is 1.70 bits per heavy atom. The van der Waals surface area contributed by atoms with E-state index in [1.807, 2.05) is 13.0 Å². The van der Waals surface area contributed by atoms with Crippen molar-refractivity contribution in [3.05, 3.63) is 81.3 Å². The second kappa shape index (κ2) is 12.6. The van der Waals surface area contributed by atoms with E-state index in [0.29, 0.717) is 28.6 Å². The number of amides is 1. The molecule has 3 aromatic carbocycles. The number of nitrogens with one attached hydrogen (secondary N) is 1. The van der Waals surface area contributed by atoms with Crippen LogP contribution in [0.25, 0.3) is 6.08 Å². The number of nitrogens with zero attached hydrogens (tertiary/aromatic N) is 1. The molecule has 0 saturated carbocycles. The molecule has 1 amide bonds. The van der Waals surface area contributed by atoms with E-state index in [2.05, 4.69) is 21.2 Å². The van der Waals surface area contributed by atoms with Gasteiger partial charge in [0.25, 0.3) is 5.91 Å². The fourth-order valence-electron chi connectivity index (χ4n) is 3.09. The van der Waals surface area contributed by atoms with E-state index in [1.165, 1.54) is 42.5 Å². The van der Waals surface area contributed by atoms with Crippen LogP contribution in [0.3, 0.4) is 0 Å². The van der Waals surface area contributed by atoms with E-state index in [1.54, 1.807) is 31.2 Å². The van der Waals surface area contributed by atoms with Gasteiger partial charge in [0.05, 0.1) is 17.7 Å². The van der Waals surface area contributed by atoms with Crippen LogP contribution in [0.5, 0.6) is 17.2 Å². The first-order valence-corrected chi connectivity index (χ1v) is 13.6. The van der Waals surface area contributed by atoms with Crippen molar-refractivity contribution >= 4 is 55.3 Å². The molecule has 11 heteroatoms. The van der Waals surface area contributed by atoms with E-state index in [4.69, 9.17) is 25.3 Å². The van der Waals surface area contributed by atoms with Gasteiger partial charge in [0, 0.05) is 10.7 Å². The van der Waals surface area contributed by atoms with Crippen LogP contribution in [0.15, 0.2) is 75.6 Å². The van der Waals surface area contributed by atoms with E-state index in [-0.39, 0.29) is 33.0 Å². The lowest BCUT2D eigenvalue weighted by molar-refractivity contribution is -0.112. The lowest BCUT2D eigenvalue weighted by Gasteiger charge is -2.15. The van der Waals surface area contributed by atoms with Gasteiger partial charge in [-0.1, -0.05) is 11.6 Å². The highest BCUT2D eigenvalue weighted by atomic mass is 79.9. The molecule has 3 rings (SSSR count). The topological polar surface area (TPSA) is 115 Å². The van der Waals surface area contributed by atoms with Crippen LogP contribution in [0.1, 0.15) is 19.4 Å². The third kappa shape index (κ3) is 7.49. The van der Waals surface area contributed by atoms with Gasteiger partial charge < -0.3 is 19.0 Å². The number of hydrogen-bond acceptors (Lipinski definition) is 7. The van der Waals surface area contributed by atoms with Crippen LogP contribution in [0.2, 0.25) is 5.02 Å². The molecule has 3 aromatic rings. The van der Waals surface area contributed by atoms with Gasteiger partial charge in [0.1, 0.15) is 22.3 Å². The zero-order chi connectivity index (χ0) is 27.0. The summed E-state index contributed by atoms with van der Waals surface area (Å²) in [4.78, 5) is 12.6. The molecule has 0 unspecified atom stereocenters. The highest BCUT2D eigenvalue weighted by Crippen LogP contribution is 2.39. The largest absolute Gasteiger partial charge is 0.494 e. The summed E-state index contributed by atoms with van der Waals surface area (Å²) in [5.74, 6) is 0.0628. The zero-order valence-corrected chi connectivity index (χ0v) is 23.0. The SMILES string of the molecule is CCOc1ccc(NC(=O)/C(C#N)=C/c2cc(Br)c(OS(=O)(=O)c3ccc(Cl)cc3)c(OCC)c2)cc1. The molecule has 1 N–H and O–H groups in total. The summed E-state index contributed by atoms with van der Waals surface area (Å²) >= 11 is 9.16. The Hall–Kier alpha value is -3.52. The molecule has 8 nitrogen and oxygen atoms in total. The van der Waals surface area contributed by atoms with Crippen LogP contribution in [-0.2, 0) is 14.9 Å². The first-order chi connectivity index (χ1) is 17.7. The standard InChI is InChI=1S/C26H22BrClN2O6S/c1-3-34-21-9-7-20(8-10-21)30-26(31)18(16-29)13-17-14-23(27)25(24(15-17)35-4-2)36-37(32,33)22-11-5-19(28)6-12-22/h5-15H,3-4H2,1-2H3,(H,30,31)/b18-13+. The lowest BCUT2D eigenvalue weighted by Crippen LogP contribution is -2.13. The normalized spacial score (nSPS) is 11.4. The van der Waals surface area contributed by atoms with E-state index in [9.17, 15) is 18.5 Å².